The van der Waals surface area contributed by atoms with Crippen molar-refractivity contribution in [1.29, 1.82) is 0 Å². The molecule has 0 saturated heterocycles. The summed E-state index contributed by atoms with van der Waals surface area (Å²) in [5.74, 6) is -0.326. The third-order valence-corrected chi connectivity index (χ3v) is 4.07. The van der Waals surface area contributed by atoms with E-state index in [-0.39, 0.29) is 24.8 Å². The topological polar surface area (TPSA) is 61.4 Å². The van der Waals surface area contributed by atoms with Gasteiger partial charge >= 0.3 is 6.03 Å². The third-order valence-electron chi connectivity index (χ3n) is 3.30. The number of nitrogens with one attached hydrogen (secondary N) is 2. The van der Waals surface area contributed by atoms with Crippen LogP contribution >= 0.6 is 15.9 Å². The average molecular weight is 347 g/mol. The molecule has 0 fully saturated rings. The Kier molecular flexibility index (Phi) is 5.95. The number of carbonyl (C=O) groups is 1. The number of halogens is 2. The van der Waals surface area contributed by atoms with E-state index >= 15 is 0 Å². The number of carbonyl (C=O) groups excluding carboxylic acids is 1. The Morgan fingerprint density at radius 2 is 2.10 bits per heavy atom. The zero-order chi connectivity index (χ0) is 15.3. The summed E-state index contributed by atoms with van der Waals surface area (Å²) in [5.41, 5.74) is -0.313. The average Bonchev–Trinajstić information content (AvgIpc) is 2.37. The van der Waals surface area contributed by atoms with E-state index in [2.05, 4.69) is 26.6 Å². The van der Waals surface area contributed by atoms with Crippen molar-refractivity contribution in [3.63, 3.8) is 0 Å². The number of aliphatic hydroxyl groups is 1. The van der Waals surface area contributed by atoms with Gasteiger partial charge in [0.1, 0.15) is 5.82 Å². The van der Waals surface area contributed by atoms with Crippen molar-refractivity contribution in [1.82, 2.24) is 10.6 Å². The van der Waals surface area contributed by atoms with Crippen LogP contribution in [0.1, 0.15) is 26.3 Å². The van der Waals surface area contributed by atoms with Crippen LogP contribution in [-0.4, -0.2) is 23.3 Å². The standard InChI is InChI=1S/C14H20BrFN2O2/c1-9(2)14(3,20)8-18-13(19)17-7-10-6-11(16)4-5-12(10)15/h4-6,9,20H,7-8H2,1-3H3,(H2,17,18,19). The van der Waals surface area contributed by atoms with E-state index in [9.17, 15) is 14.3 Å². The highest BCUT2D eigenvalue weighted by atomic mass is 79.9. The van der Waals surface area contributed by atoms with Crippen molar-refractivity contribution in [3.8, 4) is 0 Å². The molecule has 0 aliphatic carbocycles. The Bertz CT molecular complexity index is 478. The fourth-order valence-electron chi connectivity index (χ4n) is 1.38. The number of amides is 2. The fraction of sp³-hybridized carbons (Fsp3) is 0.500. The Morgan fingerprint density at radius 3 is 2.70 bits per heavy atom. The van der Waals surface area contributed by atoms with Gasteiger partial charge in [0, 0.05) is 17.6 Å². The predicted molar refractivity (Wildman–Crippen MR) is 79.8 cm³/mol. The molecule has 112 valence electrons. The van der Waals surface area contributed by atoms with Gasteiger partial charge in [-0.15, -0.1) is 0 Å². The van der Waals surface area contributed by atoms with Crippen LogP contribution in [0.15, 0.2) is 22.7 Å². The summed E-state index contributed by atoms with van der Waals surface area (Å²) in [6.07, 6.45) is 0. The summed E-state index contributed by atoms with van der Waals surface area (Å²) in [7, 11) is 0. The third kappa shape index (κ3) is 5.09. The molecule has 0 aromatic heterocycles. The molecule has 0 heterocycles. The molecule has 2 amide bonds. The minimum absolute atomic E-state index is 0.0279. The number of urea groups is 1. The summed E-state index contributed by atoms with van der Waals surface area (Å²) in [6, 6.07) is 3.89. The zero-order valence-electron chi connectivity index (χ0n) is 11.8. The molecule has 3 N–H and O–H groups in total. The quantitative estimate of drug-likeness (QED) is 0.767. The summed E-state index contributed by atoms with van der Waals surface area (Å²) in [6.45, 7) is 5.78. The molecule has 0 saturated carbocycles. The van der Waals surface area contributed by atoms with Gasteiger partial charge in [-0.05, 0) is 36.6 Å². The van der Waals surface area contributed by atoms with Gasteiger partial charge in [-0.25, -0.2) is 9.18 Å². The summed E-state index contributed by atoms with van der Waals surface area (Å²) in [5, 5.41) is 15.2. The molecule has 6 heteroatoms. The van der Waals surface area contributed by atoms with Crippen molar-refractivity contribution in [2.24, 2.45) is 5.92 Å². The van der Waals surface area contributed by atoms with E-state index < -0.39 is 11.6 Å². The van der Waals surface area contributed by atoms with Crippen molar-refractivity contribution >= 4 is 22.0 Å². The van der Waals surface area contributed by atoms with Crippen LogP contribution in [-0.2, 0) is 6.54 Å². The summed E-state index contributed by atoms with van der Waals surface area (Å²) >= 11 is 3.29. The van der Waals surface area contributed by atoms with Crippen molar-refractivity contribution in [3.05, 3.63) is 34.1 Å². The molecule has 4 nitrogen and oxygen atoms in total. The van der Waals surface area contributed by atoms with Gasteiger partial charge < -0.3 is 15.7 Å². The predicted octanol–water partition coefficient (Wildman–Crippen LogP) is 2.79. The van der Waals surface area contributed by atoms with Crippen LogP contribution in [0.25, 0.3) is 0 Å². The SMILES string of the molecule is CC(C)C(C)(O)CNC(=O)NCc1cc(F)ccc1Br. The lowest BCUT2D eigenvalue weighted by atomic mass is 9.93. The Labute approximate surface area is 126 Å². The van der Waals surface area contributed by atoms with Gasteiger partial charge in [0.25, 0.3) is 0 Å². The maximum atomic E-state index is 13.1. The zero-order valence-corrected chi connectivity index (χ0v) is 13.4. The summed E-state index contributed by atoms with van der Waals surface area (Å²) in [4.78, 5) is 11.6. The highest BCUT2D eigenvalue weighted by Gasteiger charge is 2.25. The van der Waals surface area contributed by atoms with Gasteiger partial charge in [-0.1, -0.05) is 29.8 Å². The van der Waals surface area contributed by atoms with Crippen LogP contribution in [0, 0.1) is 11.7 Å². The number of hydrogen-bond acceptors (Lipinski definition) is 2. The largest absolute Gasteiger partial charge is 0.388 e. The lowest BCUT2D eigenvalue weighted by molar-refractivity contribution is 0.0166. The highest BCUT2D eigenvalue weighted by molar-refractivity contribution is 9.10. The highest BCUT2D eigenvalue weighted by Crippen LogP contribution is 2.17. The fourth-order valence-corrected chi connectivity index (χ4v) is 1.77. The Morgan fingerprint density at radius 1 is 1.45 bits per heavy atom. The molecule has 1 aromatic carbocycles. The van der Waals surface area contributed by atoms with Crippen LogP contribution in [0.3, 0.4) is 0 Å². The molecule has 0 aliphatic heterocycles. The van der Waals surface area contributed by atoms with E-state index in [1.54, 1.807) is 13.0 Å². The molecule has 1 unspecified atom stereocenters. The molecular weight excluding hydrogens is 327 g/mol. The lowest BCUT2D eigenvalue weighted by Gasteiger charge is -2.27. The minimum Gasteiger partial charge on any atom is -0.388 e. The van der Waals surface area contributed by atoms with E-state index in [0.29, 0.717) is 5.56 Å². The number of rotatable bonds is 5. The van der Waals surface area contributed by atoms with Gasteiger partial charge in [0.05, 0.1) is 5.60 Å². The smallest absolute Gasteiger partial charge is 0.315 e. The van der Waals surface area contributed by atoms with Crippen LogP contribution in [0.2, 0.25) is 0 Å². The molecular formula is C14H20BrFN2O2. The van der Waals surface area contributed by atoms with Gasteiger partial charge in [-0.3, -0.25) is 0 Å². The molecule has 0 bridgehead atoms. The number of hydrogen-bond donors (Lipinski definition) is 3. The molecule has 1 atom stereocenters. The minimum atomic E-state index is -0.962. The maximum absolute atomic E-state index is 13.1. The van der Waals surface area contributed by atoms with E-state index in [0.717, 1.165) is 4.47 Å². The first-order valence-electron chi connectivity index (χ1n) is 6.40. The van der Waals surface area contributed by atoms with E-state index in [1.807, 2.05) is 13.8 Å². The molecule has 0 spiro atoms. The van der Waals surface area contributed by atoms with Crippen LogP contribution in [0.5, 0.6) is 0 Å². The normalized spacial score (nSPS) is 13.9. The molecule has 1 aromatic rings. The van der Waals surface area contributed by atoms with Crippen molar-refractivity contribution in [2.75, 3.05) is 6.54 Å². The van der Waals surface area contributed by atoms with Crippen molar-refractivity contribution < 1.29 is 14.3 Å². The first kappa shape index (κ1) is 16.9. The first-order chi connectivity index (χ1) is 9.22. The Hall–Kier alpha value is -1.14. The van der Waals surface area contributed by atoms with E-state index in [4.69, 9.17) is 0 Å². The van der Waals surface area contributed by atoms with Crippen molar-refractivity contribution in [2.45, 2.75) is 32.9 Å². The van der Waals surface area contributed by atoms with Crippen LogP contribution < -0.4 is 10.6 Å². The molecule has 20 heavy (non-hydrogen) atoms. The maximum Gasteiger partial charge on any atom is 0.315 e. The van der Waals surface area contributed by atoms with Crippen LogP contribution in [0.4, 0.5) is 9.18 Å². The monoisotopic (exact) mass is 346 g/mol. The summed E-state index contributed by atoms with van der Waals surface area (Å²) < 4.78 is 13.8. The Balaban J connectivity index is 2.46. The second kappa shape index (κ2) is 7.04. The second-order valence-corrected chi connectivity index (χ2v) is 6.14. The second-order valence-electron chi connectivity index (χ2n) is 5.28. The molecule has 1 rings (SSSR count). The lowest BCUT2D eigenvalue weighted by Crippen LogP contribution is -2.47. The van der Waals surface area contributed by atoms with Gasteiger partial charge in [0.15, 0.2) is 0 Å². The first-order valence-corrected chi connectivity index (χ1v) is 7.19. The molecule has 0 radical (unpaired) electrons. The van der Waals surface area contributed by atoms with Gasteiger partial charge in [-0.2, -0.15) is 0 Å². The number of benzene rings is 1. The molecule has 0 aliphatic rings. The van der Waals surface area contributed by atoms with Gasteiger partial charge in [0.2, 0.25) is 0 Å². The van der Waals surface area contributed by atoms with E-state index in [1.165, 1.54) is 12.1 Å².